The third-order valence-corrected chi connectivity index (χ3v) is 6.09. The molecule has 2 atom stereocenters. The van der Waals surface area contributed by atoms with Gasteiger partial charge in [0.2, 0.25) is 11.9 Å². The minimum Gasteiger partial charge on any atom is -0.462 e. The topological polar surface area (TPSA) is 97.3 Å². The monoisotopic (exact) mass is 423 g/mol. The molecule has 0 saturated carbocycles. The molecule has 4 heterocycles. The van der Waals surface area contributed by atoms with Gasteiger partial charge < -0.3 is 15.0 Å². The van der Waals surface area contributed by atoms with Gasteiger partial charge in [0.25, 0.3) is 0 Å². The Morgan fingerprint density at radius 2 is 2.00 bits per heavy atom. The second-order valence-electron chi connectivity index (χ2n) is 8.55. The fourth-order valence-electron chi connectivity index (χ4n) is 4.33. The Hall–Kier alpha value is -3.03. The molecule has 4 rings (SSSR count). The third kappa shape index (κ3) is 4.52. The number of ether oxygens (including phenoxy) is 1. The average Bonchev–Trinajstić information content (AvgIpc) is 3.05. The average molecular weight is 424 g/mol. The summed E-state index contributed by atoms with van der Waals surface area (Å²) in [7, 11) is 0. The molecule has 0 aliphatic carbocycles. The molecule has 164 valence electrons. The lowest BCUT2D eigenvalue weighted by Gasteiger charge is -2.29. The van der Waals surface area contributed by atoms with E-state index in [4.69, 9.17) is 14.7 Å². The zero-order valence-electron chi connectivity index (χ0n) is 18.6. The maximum Gasteiger partial charge on any atom is 0.306 e. The molecule has 0 radical (unpaired) electrons. The second-order valence-corrected chi connectivity index (χ2v) is 8.55. The summed E-state index contributed by atoms with van der Waals surface area (Å²) < 4.78 is 5.17. The van der Waals surface area contributed by atoms with Crippen LogP contribution in [0.2, 0.25) is 0 Å². The van der Waals surface area contributed by atoms with E-state index in [0.717, 1.165) is 47.7 Å². The van der Waals surface area contributed by atoms with E-state index in [-0.39, 0.29) is 23.9 Å². The van der Waals surface area contributed by atoms with E-state index in [1.807, 2.05) is 33.9 Å². The van der Waals surface area contributed by atoms with Crippen LogP contribution in [0.25, 0.3) is 0 Å². The zero-order chi connectivity index (χ0) is 22.1. The third-order valence-electron chi connectivity index (χ3n) is 6.09. The van der Waals surface area contributed by atoms with E-state index in [0.29, 0.717) is 30.9 Å². The molecule has 1 saturated heterocycles. The lowest BCUT2D eigenvalue weighted by molar-refractivity contribution is -0.140. The number of carbonyl (C=O) groups excluding carboxylic acids is 2. The van der Waals surface area contributed by atoms with Crippen LogP contribution in [0, 0.1) is 26.7 Å². The lowest BCUT2D eigenvalue weighted by atomic mass is 9.96. The molecule has 2 unspecified atom stereocenters. The number of hydrogen-bond donors (Lipinski definition) is 1. The van der Waals surface area contributed by atoms with E-state index >= 15 is 0 Å². The molecule has 1 amide bonds. The Morgan fingerprint density at radius 3 is 2.68 bits per heavy atom. The maximum absolute atomic E-state index is 12.5. The van der Waals surface area contributed by atoms with Crippen LogP contribution in [-0.4, -0.2) is 39.5 Å². The summed E-state index contributed by atoms with van der Waals surface area (Å²) >= 11 is 0. The highest BCUT2D eigenvalue weighted by Crippen LogP contribution is 2.33. The number of anilines is 3. The SMILES string of the molecule is Cc1cnc2c(c1)N(c1nc(C)c(NC(=O)CCC3CC(=O)OC3C)c(C)n1)CCC2. The van der Waals surface area contributed by atoms with Crippen LogP contribution >= 0.6 is 0 Å². The van der Waals surface area contributed by atoms with Gasteiger partial charge in [0.1, 0.15) is 6.10 Å². The summed E-state index contributed by atoms with van der Waals surface area (Å²) in [5.74, 6) is 0.447. The van der Waals surface area contributed by atoms with Gasteiger partial charge in [-0.2, -0.15) is 0 Å². The Labute approximate surface area is 182 Å². The van der Waals surface area contributed by atoms with Gasteiger partial charge in [-0.3, -0.25) is 14.6 Å². The fourth-order valence-corrected chi connectivity index (χ4v) is 4.33. The second kappa shape index (κ2) is 8.61. The number of fused-ring (bicyclic) bond motifs is 1. The number of nitrogens with zero attached hydrogens (tertiary/aromatic N) is 4. The standard InChI is InChI=1S/C23H29N5O3/c1-13-10-19-18(24-12-13)6-5-9-28(19)23-25-14(2)22(15(3)26-23)27-20(29)8-7-17-11-21(30)31-16(17)4/h10,12,16-17H,5-9,11H2,1-4H3,(H,27,29). The predicted octanol–water partition coefficient (Wildman–Crippen LogP) is 3.55. The van der Waals surface area contributed by atoms with E-state index in [9.17, 15) is 9.59 Å². The molecule has 8 heteroatoms. The van der Waals surface area contributed by atoms with Crippen molar-refractivity contribution >= 4 is 29.2 Å². The number of aryl methyl sites for hydroxylation is 4. The first-order chi connectivity index (χ1) is 14.8. The molecular formula is C23H29N5O3. The Bertz CT molecular complexity index is 999. The van der Waals surface area contributed by atoms with Crippen LogP contribution in [0.3, 0.4) is 0 Å². The number of hydrogen-bond acceptors (Lipinski definition) is 7. The van der Waals surface area contributed by atoms with Gasteiger partial charge in [0.05, 0.1) is 34.9 Å². The summed E-state index contributed by atoms with van der Waals surface area (Å²) in [4.78, 5) is 40.0. The number of pyridine rings is 1. The summed E-state index contributed by atoms with van der Waals surface area (Å²) in [5, 5.41) is 2.97. The molecule has 1 fully saturated rings. The highest BCUT2D eigenvalue weighted by atomic mass is 16.5. The van der Waals surface area contributed by atoms with Gasteiger partial charge in [-0.05, 0) is 58.6 Å². The maximum atomic E-state index is 12.5. The highest BCUT2D eigenvalue weighted by Gasteiger charge is 2.31. The van der Waals surface area contributed by atoms with Crippen LogP contribution in [-0.2, 0) is 20.7 Å². The Morgan fingerprint density at radius 1 is 1.26 bits per heavy atom. The van der Waals surface area contributed by atoms with Crippen LogP contribution in [0.1, 0.15) is 55.3 Å². The molecule has 0 spiro atoms. The van der Waals surface area contributed by atoms with Gasteiger partial charge in [0, 0.05) is 25.1 Å². The van der Waals surface area contributed by atoms with E-state index < -0.39 is 0 Å². The number of esters is 1. The predicted molar refractivity (Wildman–Crippen MR) is 117 cm³/mol. The molecule has 8 nitrogen and oxygen atoms in total. The van der Waals surface area contributed by atoms with Crippen molar-refractivity contribution in [1.29, 1.82) is 0 Å². The quantitative estimate of drug-likeness (QED) is 0.735. The van der Waals surface area contributed by atoms with Crippen molar-refractivity contribution in [2.45, 2.75) is 65.9 Å². The molecule has 2 aliphatic heterocycles. The molecule has 2 aromatic rings. The van der Waals surface area contributed by atoms with Crippen LogP contribution in [0.4, 0.5) is 17.3 Å². The van der Waals surface area contributed by atoms with E-state index in [2.05, 4.69) is 21.3 Å². The zero-order valence-corrected chi connectivity index (χ0v) is 18.6. The minimum atomic E-state index is -0.182. The van der Waals surface area contributed by atoms with Crippen molar-refractivity contribution in [3.05, 3.63) is 34.9 Å². The van der Waals surface area contributed by atoms with Gasteiger partial charge in [-0.15, -0.1) is 0 Å². The lowest BCUT2D eigenvalue weighted by Crippen LogP contribution is -2.28. The van der Waals surface area contributed by atoms with Gasteiger partial charge in [-0.25, -0.2) is 9.97 Å². The number of rotatable bonds is 5. The van der Waals surface area contributed by atoms with Crippen molar-refractivity contribution in [2.75, 3.05) is 16.8 Å². The molecule has 0 bridgehead atoms. The first kappa shape index (κ1) is 21.2. The number of nitrogens with one attached hydrogen (secondary N) is 1. The summed E-state index contributed by atoms with van der Waals surface area (Å²) in [6.45, 7) is 8.52. The van der Waals surface area contributed by atoms with Crippen molar-refractivity contribution in [3.8, 4) is 0 Å². The summed E-state index contributed by atoms with van der Waals surface area (Å²) in [6.07, 6.45) is 5.05. The van der Waals surface area contributed by atoms with Gasteiger partial charge in [-0.1, -0.05) is 0 Å². The molecule has 0 aromatic carbocycles. The number of amides is 1. The smallest absolute Gasteiger partial charge is 0.306 e. The van der Waals surface area contributed by atoms with Crippen molar-refractivity contribution in [3.63, 3.8) is 0 Å². The summed E-state index contributed by atoms with van der Waals surface area (Å²) in [5.41, 5.74) is 5.35. The normalized spacial score (nSPS) is 20.4. The highest BCUT2D eigenvalue weighted by molar-refractivity contribution is 5.92. The molecular weight excluding hydrogens is 394 g/mol. The molecule has 1 N–H and O–H groups in total. The van der Waals surface area contributed by atoms with Crippen molar-refractivity contribution in [1.82, 2.24) is 15.0 Å². The van der Waals surface area contributed by atoms with Crippen molar-refractivity contribution in [2.24, 2.45) is 5.92 Å². The summed E-state index contributed by atoms with van der Waals surface area (Å²) in [6, 6.07) is 2.13. The van der Waals surface area contributed by atoms with Crippen LogP contribution in [0.5, 0.6) is 0 Å². The minimum absolute atomic E-state index is 0.0929. The number of carbonyl (C=O) groups is 2. The largest absolute Gasteiger partial charge is 0.462 e. The van der Waals surface area contributed by atoms with Gasteiger partial charge >= 0.3 is 5.97 Å². The van der Waals surface area contributed by atoms with Crippen molar-refractivity contribution < 1.29 is 14.3 Å². The van der Waals surface area contributed by atoms with E-state index in [1.54, 1.807) is 0 Å². The Balaban J connectivity index is 1.48. The fraction of sp³-hybridized carbons (Fsp3) is 0.522. The molecule has 2 aromatic heterocycles. The molecule has 2 aliphatic rings. The van der Waals surface area contributed by atoms with Gasteiger partial charge in [0.15, 0.2) is 0 Å². The van der Waals surface area contributed by atoms with Crippen LogP contribution in [0.15, 0.2) is 12.3 Å². The van der Waals surface area contributed by atoms with E-state index in [1.165, 1.54) is 0 Å². The van der Waals surface area contributed by atoms with Crippen LogP contribution < -0.4 is 10.2 Å². The first-order valence-electron chi connectivity index (χ1n) is 10.9. The number of aromatic nitrogens is 3. The molecule has 31 heavy (non-hydrogen) atoms. The first-order valence-corrected chi connectivity index (χ1v) is 10.9. The number of cyclic esters (lactones) is 1. The Kier molecular flexibility index (Phi) is 5.89.